The van der Waals surface area contributed by atoms with E-state index in [9.17, 15) is 0 Å². The van der Waals surface area contributed by atoms with Crippen LogP contribution < -0.4 is 0 Å². The van der Waals surface area contributed by atoms with Crippen LogP contribution in [0, 0.1) is 0 Å². The molecule has 0 aromatic carbocycles. The van der Waals surface area contributed by atoms with E-state index >= 15 is 0 Å². The third kappa shape index (κ3) is 3.53. The molecule has 0 aliphatic heterocycles. The molecule has 1 nitrogen and oxygen atoms in total. The SMILES string of the molecule is CCN(CC)P(CC)C(C)C. The first kappa shape index (κ1) is 11.4. The lowest BCUT2D eigenvalue weighted by molar-refractivity contribution is 0.501. The van der Waals surface area contributed by atoms with Gasteiger partial charge in [-0.1, -0.05) is 34.6 Å². The minimum absolute atomic E-state index is 0.152. The Morgan fingerprint density at radius 1 is 1.09 bits per heavy atom. The Labute approximate surface area is 73.0 Å². The Kier molecular flexibility index (Phi) is 6.18. The normalized spacial score (nSPS) is 14.5. The Balaban J connectivity index is 3.98. The van der Waals surface area contributed by atoms with Gasteiger partial charge in [0.05, 0.1) is 0 Å². The first-order chi connectivity index (χ1) is 5.17. The van der Waals surface area contributed by atoms with E-state index in [1.165, 1.54) is 19.3 Å². The lowest BCUT2D eigenvalue weighted by atomic mass is 10.6. The van der Waals surface area contributed by atoms with Crippen molar-refractivity contribution in [1.82, 2.24) is 4.67 Å². The summed E-state index contributed by atoms with van der Waals surface area (Å²) in [6.07, 6.45) is 1.34. The number of hydrogen-bond acceptors (Lipinski definition) is 1. The van der Waals surface area contributed by atoms with Crippen LogP contribution in [0.3, 0.4) is 0 Å². The van der Waals surface area contributed by atoms with Crippen LogP contribution in [0.2, 0.25) is 0 Å². The van der Waals surface area contributed by atoms with Gasteiger partial charge in [0.1, 0.15) is 0 Å². The van der Waals surface area contributed by atoms with Crippen LogP contribution in [-0.2, 0) is 0 Å². The van der Waals surface area contributed by atoms with Crippen molar-refractivity contribution < 1.29 is 0 Å². The molecule has 0 spiro atoms. The van der Waals surface area contributed by atoms with Gasteiger partial charge in [0.25, 0.3) is 0 Å². The molecule has 0 amide bonds. The van der Waals surface area contributed by atoms with Gasteiger partial charge in [-0.05, 0) is 33.0 Å². The zero-order valence-electron chi connectivity index (χ0n) is 8.59. The van der Waals surface area contributed by atoms with Gasteiger partial charge in [-0.25, -0.2) is 0 Å². The van der Waals surface area contributed by atoms with Gasteiger partial charge in [0.15, 0.2) is 0 Å². The van der Waals surface area contributed by atoms with Crippen molar-refractivity contribution in [3.05, 3.63) is 0 Å². The minimum Gasteiger partial charge on any atom is -0.282 e. The first-order valence-electron chi connectivity index (χ1n) is 4.68. The molecule has 0 bridgehead atoms. The maximum atomic E-state index is 2.61. The molecule has 0 aliphatic carbocycles. The monoisotopic (exact) mass is 175 g/mol. The van der Waals surface area contributed by atoms with Gasteiger partial charge >= 0.3 is 0 Å². The van der Waals surface area contributed by atoms with E-state index in [1.54, 1.807) is 0 Å². The molecule has 0 saturated carbocycles. The van der Waals surface area contributed by atoms with Crippen molar-refractivity contribution in [1.29, 1.82) is 0 Å². The average Bonchev–Trinajstić information content (AvgIpc) is 1.99. The van der Waals surface area contributed by atoms with Gasteiger partial charge in [-0.15, -0.1) is 0 Å². The number of hydrogen-bond donors (Lipinski definition) is 0. The third-order valence-electron chi connectivity index (χ3n) is 2.01. The second kappa shape index (κ2) is 5.97. The van der Waals surface area contributed by atoms with Crippen molar-refractivity contribution in [3.8, 4) is 0 Å². The molecular formula is C9H22NP. The fourth-order valence-corrected chi connectivity index (χ4v) is 3.99. The molecule has 0 fully saturated rings. The summed E-state index contributed by atoms with van der Waals surface area (Å²) in [6.45, 7) is 13.9. The summed E-state index contributed by atoms with van der Waals surface area (Å²) in [5.74, 6) is 0. The van der Waals surface area contributed by atoms with Crippen molar-refractivity contribution >= 4 is 8.07 Å². The molecule has 0 aliphatic rings. The summed E-state index contributed by atoms with van der Waals surface area (Å²) >= 11 is 0. The van der Waals surface area contributed by atoms with Gasteiger partial charge < -0.3 is 0 Å². The van der Waals surface area contributed by atoms with E-state index in [0.717, 1.165) is 5.66 Å². The number of nitrogens with zero attached hydrogens (tertiary/aromatic N) is 1. The molecule has 0 rings (SSSR count). The van der Waals surface area contributed by atoms with Crippen LogP contribution in [0.15, 0.2) is 0 Å². The lowest BCUT2D eigenvalue weighted by Gasteiger charge is -2.31. The van der Waals surface area contributed by atoms with Crippen LogP contribution >= 0.6 is 8.07 Å². The minimum atomic E-state index is 0.152. The van der Waals surface area contributed by atoms with Crippen LogP contribution in [0.5, 0.6) is 0 Å². The highest BCUT2D eigenvalue weighted by Gasteiger charge is 2.15. The molecule has 1 unspecified atom stereocenters. The molecule has 0 saturated heterocycles. The fraction of sp³-hybridized carbons (Fsp3) is 1.00. The van der Waals surface area contributed by atoms with Crippen molar-refractivity contribution in [2.75, 3.05) is 19.3 Å². The predicted octanol–water partition coefficient (Wildman–Crippen LogP) is 3.15. The van der Waals surface area contributed by atoms with E-state index in [2.05, 4.69) is 39.3 Å². The average molecular weight is 175 g/mol. The molecule has 11 heavy (non-hydrogen) atoms. The summed E-state index contributed by atoms with van der Waals surface area (Å²) < 4.78 is 2.61. The summed E-state index contributed by atoms with van der Waals surface area (Å²) in [4.78, 5) is 0. The summed E-state index contributed by atoms with van der Waals surface area (Å²) in [5, 5.41) is 0. The van der Waals surface area contributed by atoms with Crippen molar-refractivity contribution in [2.24, 2.45) is 0 Å². The van der Waals surface area contributed by atoms with Gasteiger partial charge in [-0.2, -0.15) is 0 Å². The van der Waals surface area contributed by atoms with Crippen LogP contribution in [-0.4, -0.2) is 29.6 Å². The molecule has 0 aromatic rings. The summed E-state index contributed by atoms with van der Waals surface area (Å²) in [6, 6.07) is 0. The smallest absolute Gasteiger partial charge is 0.000758 e. The zero-order chi connectivity index (χ0) is 8.85. The molecule has 0 heterocycles. The fourth-order valence-electron chi connectivity index (χ4n) is 1.48. The van der Waals surface area contributed by atoms with E-state index in [4.69, 9.17) is 0 Å². The molecular weight excluding hydrogens is 153 g/mol. The lowest BCUT2D eigenvalue weighted by Crippen LogP contribution is -2.21. The highest BCUT2D eigenvalue weighted by molar-refractivity contribution is 7.55. The van der Waals surface area contributed by atoms with Crippen molar-refractivity contribution in [2.45, 2.75) is 40.3 Å². The first-order valence-corrected chi connectivity index (χ1v) is 6.23. The maximum absolute atomic E-state index is 2.61. The van der Waals surface area contributed by atoms with E-state index in [0.29, 0.717) is 0 Å². The van der Waals surface area contributed by atoms with E-state index in [-0.39, 0.29) is 8.07 Å². The Hall–Kier alpha value is 0.390. The van der Waals surface area contributed by atoms with Gasteiger partial charge in [0, 0.05) is 0 Å². The molecule has 0 N–H and O–H groups in total. The van der Waals surface area contributed by atoms with E-state index in [1.807, 2.05) is 0 Å². The summed E-state index contributed by atoms with van der Waals surface area (Å²) in [5.41, 5.74) is 0.856. The molecule has 1 atom stereocenters. The van der Waals surface area contributed by atoms with Crippen LogP contribution in [0.25, 0.3) is 0 Å². The Morgan fingerprint density at radius 2 is 1.55 bits per heavy atom. The second-order valence-electron chi connectivity index (χ2n) is 2.99. The molecule has 2 heteroatoms. The van der Waals surface area contributed by atoms with Gasteiger partial charge in [-0.3, -0.25) is 4.67 Å². The predicted molar refractivity (Wildman–Crippen MR) is 55.5 cm³/mol. The third-order valence-corrected chi connectivity index (χ3v) is 5.15. The highest BCUT2D eigenvalue weighted by atomic mass is 31.1. The maximum Gasteiger partial charge on any atom is -0.000758 e. The highest BCUT2D eigenvalue weighted by Crippen LogP contribution is 2.43. The van der Waals surface area contributed by atoms with E-state index < -0.39 is 0 Å². The molecule has 68 valence electrons. The topological polar surface area (TPSA) is 3.24 Å². The molecule has 0 radical (unpaired) electrons. The van der Waals surface area contributed by atoms with Crippen LogP contribution in [0.4, 0.5) is 0 Å². The largest absolute Gasteiger partial charge is 0.282 e. The second-order valence-corrected chi connectivity index (χ2v) is 6.10. The van der Waals surface area contributed by atoms with Crippen LogP contribution in [0.1, 0.15) is 34.6 Å². The Morgan fingerprint density at radius 3 is 1.64 bits per heavy atom. The molecule has 0 aromatic heterocycles. The van der Waals surface area contributed by atoms with Crippen molar-refractivity contribution in [3.63, 3.8) is 0 Å². The zero-order valence-corrected chi connectivity index (χ0v) is 9.49. The van der Waals surface area contributed by atoms with Gasteiger partial charge in [0.2, 0.25) is 0 Å². The Bertz CT molecular complexity index is 89.6. The quantitative estimate of drug-likeness (QED) is 0.580. The number of rotatable bonds is 5. The summed E-state index contributed by atoms with van der Waals surface area (Å²) in [7, 11) is 0.152. The standard InChI is InChI=1S/C9H22NP/c1-6-10(7-2)11(8-3)9(4)5/h9H,6-8H2,1-5H3.